The Balaban J connectivity index is 1.33. The van der Waals surface area contributed by atoms with Crippen molar-refractivity contribution in [3.05, 3.63) is 52.8 Å². The summed E-state index contributed by atoms with van der Waals surface area (Å²) >= 11 is 0. The Hall–Kier alpha value is -2.10. The van der Waals surface area contributed by atoms with E-state index in [1.165, 1.54) is 44.1 Å². The van der Waals surface area contributed by atoms with E-state index in [0.29, 0.717) is 5.41 Å². The molecule has 28 heavy (non-hydrogen) atoms. The minimum Gasteiger partial charge on any atom is -0.351 e. The van der Waals surface area contributed by atoms with Gasteiger partial charge >= 0.3 is 0 Å². The van der Waals surface area contributed by atoms with Crippen LogP contribution in [0.5, 0.6) is 0 Å². The van der Waals surface area contributed by atoms with Gasteiger partial charge in [-0.05, 0) is 74.2 Å². The summed E-state index contributed by atoms with van der Waals surface area (Å²) in [5.41, 5.74) is 4.18. The molecule has 4 nitrogen and oxygen atoms in total. The lowest BCUT2D eigenvalue weighted by Crippen LogP contribution is -2.51. The monoisotopic (exact) mass is 377 g/mol. The van der Waals surface area contributed by atoms with E-state index in [4.69, 9.17) is 0 Å². The molecule has 1 heterocycles. The number of carbonyl (C=O) groups excluding carboxylic acids is 1. The average molecular weight is 378 g/mol. The lowest BCUT2D eigenvalue weighted by molar-refractivity contribution is -0.0503. The van der Waals surface area contributed by atoms with Gasteiger partial charge in [0.15, 0.2) is 0 Å². The first-order valence-electron chi connectivity index (χ1n) is 10.9. The second-order valence-corrected chi connectivity index (χ2v) is 9.79. The third kappa shape index (κ3) is 3.17. The molecule has 0 unspecified atom stereocenters. The number of rotatable bonds is 5. The fourth-order valence-electron chi connectivity index (χ4n) is 6.86. The molecule has 4 aliphatic rings. The summed E-state index contributed by atoms with van der Waals surface area (Å²) < 4.78 is 1.88. The molecule has 1 amide bonds. The summed E-state index contributed by atoms with van der Waals surface area (Å²) in [5, 5.41) is 7.90. The van der Waals surface area contributed by atoms with Crippen LogP contribution in [0, 0.1) is 30.1 Å². The molecule has 148 valence electrons. The van der Waals surface area contributed by atoms with E-state index in [9.17, 15) is 4.79 Å². The molecule has 1 N–H and O–H groups in total. The molecule has 1 aromatic carbocycles. The van der Waals surface area contributed by atoms with E-state index < -0.39 is 0 Å². The van der Waals surface area contributed by atoms with Crippen molar-refractivity contribution in [3.63, 3.8) is 0 Å². The van der Waals surface area contributed by atoms with Crippen molar-refractivity contribution in [3.8, 4) is 0 Å². The van der Waals surface area contributed by atoms with Gasteiger partial charge in [-0.2, -0.15) is 5.10 Å². The Morgan fingerprint density at radius 3 is 2.32 bits per heavy atom. The Labute approximate surface area is 167 Å². The predicted molar refractivity (Wildman–Crippen MR) is 110 cm³/mol. The normalized spacial score (nSPS) is 30.6. The van der Waals surface area contributed by atoms with Gasteiger partial charge in [0.25, 0.3) is 5.91 Å². The van der Waals surface area contributed by atoms with Crippen LogP contribution < -0.4 is 5.32 Å². The highest BCUT2D eigenvalue weighted by atomic mass is 16.1. The number of nitrogens with one attached hydrogen (secondary N) is 1. The Morgan fingerprint density at radius 2 is 1.71 bits per heavy atom. The molecule has 0 spiro atoms. The van der Waals surface area contributed by atoms with Gasteiger partial charge in [0.1, 0.15) is 0 Å². The minimum atomic E-state index is 0.0623. The standard InChI is InChI=1S/C24H31N3O/c1-16-22(21(27(2)26-16)11-17-6-4-3-5-7-17)23(28)25-15-24-12-18-8-19(13-24)10-20(9-18)14-24/h3-7,18-20H,8-15H2,1-2H3,(H,25,28). The first-order valence-corrected chi connectivity index (χ1v) is 10.9. The zero-order valence-electron chi connectivity index (χ0n) is 17.1. The summed E-state index contributed by atoms with van der Waals surface area (Å²) in [7, 11) is 1.95. The van der Waals surface area contributed by atoms with Crippen LogP contribution in [0.15, 0.2) is 30.3 Å². The number of hydrogen-bond donors (Lipinski definition) is 1. The maximum absolute atomic E-state index is 13.2. The molecular weight excluding hydrogens is 346 g/mol. The molecule has 1 aromatic heterocycles. The number of benzene rings is 1. The van der Waals surface area contributed by atoms with E-state index >= 15 is 0 Å². The van der Waals surface area contributed by atoms with Gasteiger partial charge < -0.3 is 5.32 Å². The predicted octanol–water partition coefficient (Wildman–Crippen LogP) is 4.27. The Bertz CT molecular complexity index is 847. The van der Waals surface area contributed by atoms with Gasteiger partial charge in [0.2, 0.25) is 0 Å². The van der Waals surface area contributed by atoms with E-state index in [1.54, 1.807) is 0 Å². The zero-order valence-corrected chi connectivity index (χ0v) is 17.1. The van der Waals surface area contributed by atoms with Crippen molar-refractivity contribution >= 4 is 5.91 Å². The van der Waals surface area contributed by atoms with Gasteiger partial charge in [-0.25, -0.2) is 0 Å². The molecule has 6 rings (SSSR count). The SMILES string of the molecule is Cc1nn(C)c(Cc2ccccc2)c1C(=O)NCC12CC3CC(CC(C3)C1)C2. The fourth-order valence-corrected chi connectivity index (χ4v) is 6.86. The molecule has 4 bridgehead atoms. The lowest BCUT2D eigenvalue weighted by Gasteiger charge is -2.56. The van der Waals surface area contributed by atoms with Crippen LogP contribution in [0.1, 0.15) is 65.8 Å². The number of amides is 1. The van der Waals surface area contributed by atoms with Gasteiger partial charge in [0.05, 0.1) is 17.0 Å². The minimum absolute atomic E-state index is 0.0623. The lowest BCUT2D eigenvalue weighted by atomic mass is 9.49. The first-order chi connectivity index (χ1) is 13.5. The molecule has 4 heteroatoms. The smallest absolute Gasteiger partial charge is 0.255 e. The van der Waals surface area contributed by atoms with Crippen LogP contribution in [0.2, 0.25) is 0 Å². The third-order valence-electron chi connectivity index (χ3n) is 7.57. The highest BCUT2D eigenvalue weighted by Gasteiger charge is 2.50. The average Bonchev–Trinajstić information content (AvgIpc) is 2.93. The highest BCUT2D eigenvalue weighted by molar-refractivity contribution is 5.96. The number of carbonyl (C=O) groups is 1. The molecule has 2 aromatic rings. The molecule has 0 atom stereocenters. The molecular formula is C24H31N3O. The van der Waals surface area contributed by atoms with Crippen LogP contribution in [0.4, 0.5) is 0 Å². The van der Waals surface area contributed by atoms with Crippen molar-refractivity contribution in [2.45, 2.75) is 51.9 Å². The highest BCUT2D eigenvalue weighted by Crippen LogP contribution is 2.59. The summed E-state index contributed by atoms with van der Waals surface area (Å²) in [4.78, 5) is 13.2. The van der Waals surface area contributed by atoms with Crippen LogP contribution in [0.3, 0.4) is 0 Å². The topological polar surface area (TPSA) is 46.9 Å². The Morgan fingerprint density at radius 1 is 1.11 bits per heavy atom. The largest absolute Gasteiger partial charge is 0.351 e. The molecule has 4 aliphatic carbocycles. The summed E-state index contributed by atoms with van der Waals surface area (Å²) in [6, 6.07) is 10.3. The first kappa shape index (κ1) is 18.0. The van der Waals surface area contributed by atoms with Crippen molar-refractivity contribution in [2.24, 2.45) is 30.2 Å². The molecule has 0 saturated heterocycles. The van der Waals surface area contributed by atoms with Crippen LogP contribution >= 0.6 is 0 Å². The van der Waals surface area contributed by atoms with Crippen molar-refractivity contribution < 1.29 is 4.79 Å². The van der Waals surface area contributed by atoms with Gasteiger partial charge in [0, 0.05) is 20.0 Å². The van der Waals surface area contributed by atoms with Gasteiger partial charge in [-0.1, -0.05) is 30.3 Å². The molecule has 4 saturated carbocycles. The number of aromatic nitrogens is 2. The molecule has 4 fully saturated rings. The second kappa shape index (κ2) is 6.75. The van der Waals surface area contributed by atoms with E-state index in [-0.39, 0.29) is 5.91 Å². The fraction of sp³-hybridized carbons (Fsp3) is 0.583. The second-order valence-electron chi connectivity index (χ2n) is 9.79. The van der Waals surface area contributed by atoms with Crippen molar-refractivity contribution in [1.29, 1.82) is 0 Å². The van der Waals surface area contributed by atoms with Crippen LogP contribution in [-0.4, -0.2) is 22.2 Å². The van der Waals surface area contributed by atoms with E-state index in [0.717, 1.165) is 47.7 Å². The van der Waals surface area contributed by atoms with Gasteiger partial charge in [-0.3, -0.25) is 9.48 Å². The van der Waals surface area contributed by atoms with Crippen LogP contribution in [0.25, 0.3) is 0 Å². The van der Waals surface area contributed by atoms with E-state index in [2.05, 4.69) is 22.5 Å². The van der Waals surface area contributed by atoms with Crippen molar-refractivity contribution in [1.82, 2.24) is 15.1 Å². The van der Waals surface area contributed by atoms with E-state index in [1.807, 2.05) is 36.9 Å². The number of hydrogen-bond acceptors (Lipinski definition) is 2. The zero-order chi connectivity index (χ0) is 19.3. The summed E-state index contributed by atoms with van der Waals surface area (Å²) in [6.45, 7) is 2.79. The molecule has 0 aliphatic heterocycles. The third-order valence-corrected chi connectivity index (χ3v) is 7.57. The van der Waals surface area contributed by atoms with Crippen LogP contribution in [-0.2, 0) is 13.5 Å². The van der Waals surface area contributed by atoms with Gasteiger partial charge in [-0.15, -0.1) is 0 Å². The van der Waals surface area contributed by atoms with Crippen molar-refractivity contribution in [2.75, 3.05) is 6.54 Å². The Kier molecular flexibility index (Phi) is 4.33. The molecule has 0 radical (unpaired) electrons. The number of aryl methyl sites for hydroxylation is 2. The summed E-state index contributed by atoms with van der Waals surface area (Å²) in [5.74, 6) is 2.80. The quantitative estimate of drug-likeness (QED) is 0.846. The summed E-state index contributed by atoms with van der Waals surface area (Å²) in [6.07, 6.45) is 9.02. The maximum atomic E-state index is 13.2. The number of nitrogens with zero attached hydrogens (tertiary/aromatic N) is 2. The maximum Gasteiger partial charge on any atom is 0.255 e.